The minimum atomic E-state index is -3.86. The lowest BCUT2D eigenvalue weighted by molar-refractivity contribution is -0.137. The normalized spacial score (nSPS) is 31.3. The Morgan fingerprint density at radius 1 is 1.16 bits per heavy atom. The Kier molecular flexibility index (Phi) is 9.23. The number of halogens is 1. The third kappa shape index (κ3) is 6.58. The molecule has 5 aliphatic rings. The molecule has 1 saturated heterocycles. The van der Waals surface area contributed by atoms with Gasteiger partial charge in [0.1, 0.15) is 11.4 Å². The van der Waals surface area contributed by atoms with E-state index in [1.807, 2.05) is 18.2 Å². The average Bonchev–Trinajstić information content (AvgIpc) is 3.19. The van der Waals surface area contributed by atoms with Crippen molar-refractivity contribution in [2.24, 2.45) is 16.2 Å². The topological polar surface area (TPSA) is 130 Å². The van der Waals surface area contributed by atoms with Crippen molar-refractivity contribution in [2.75, 3.05) is 51.4 Å². The number of anilines is 1. The Morgan fingerprint density at radius 3 is 2.71 bits per heavy atom. The van der Waals surface area contributed by atoms with E-state index in [1.165, 1.54) is 16.0 Å². The lowest BCUT2D eigenvalue weighted by Crippen LogP contribution is -2.57. The van der Waals surface area contributed by atoms with Gasteiger partial charge in [-0.3, -0.25) is 4.79 Å². The Hall–Kier alpha value is -3.16. The molecule has 3 aliphatic heterocycles. The first-order valence-electron chi connectivity index (χ1n) is 17.1. The Balaban J connectivity index is 1.35. The van der Waals surface area contributed by atoms with Crippen LogP contribution in [0.5, 0.6) is 5.75 Å². The summed E-state index contributed by atoms with van der Waals surface area (Å²) in [6.07, 6.45) is 8.03. The summed E-state index contributed by atoms with van der Waals surface area (Å²) < 4.78 is 40.2. The van der Waals surface area contributed by atoms with E-state index in [0.29, 0.717) is 31.4 Å². The molecule has 5 atom stereocenters. The molecule has 7 rings (SSSR count). The molecule has 49 heavy (non-hydrogen) atoms. The van der Waals surface area contributed by atoms with E-state index in [2.05, 4.69) is 26.1 Å². The van der Waals surface area contributed by atoms with E-state index in [1.54, 1.807) is 39.2 Å². The van der Waals surface area contributed by atoms with Crippen LogP contribution < -0.4 is 14.4 Å². The number of nitrogens with zero attached hydrogens (tertiary/aromatic N) is 3. The zero-order chi connectivity index (χ0) is 34.6. The van der Waals surface area contributed by atoms with Gasteiger partial charge in [-0.05, 0) is 99.2 Å². The number of aliphatic hydroxyl groups excluding tert-OH is 1. The summed E-state index contributed by atoms with van der Waals surface area (Å²) >= 11 is 6.45. The largest absolute Gasteiger partial charge is 0.490 e. The molecule has 2 aromatic rings. The molecule has 3 heterocycles. The van der Waals surface area contributed by atoms with Crippen LogP contribution >= 0.6 is 11.6 Å². The number of benzene rings is 2. The summed E-state index contributed by atoms with van der Waals surface area (Å²) in [5.74, 6) is 0.450. The monoisotopic (exact) mass is 712 g/mol. The molecule has 1 unspecified atom stereocenters. The first kappa shape index (κ1) is 34.3. The molecule has 0 aromatic heterocycles. The minimum Gasteiger partial charge on any atom is -0.490 e. The van der Waals surface area contributed by atoms with Crippen molar-refractivity contribution in [3.05, 3.63) is 64.7 Å². The number of hydrogen-bond acceptors (Lipinski definition) is 8. The van der Waals surface area contributed by atoms with Gasteiger partial charge in [0.2, 0.25) is 0 Å². The molecule has 11 nitrogen and oxygen atoms in total. The van der Waals surface area contributed by atoms with Gasteiger partial charge in [0, 0.05) is 30.6 Å². The molecule has 3 amide bonds. The van der Waals surface area contributed by atoms with Crippen molar-refractivity contribution < 1.29 is 33.1 Å². The molecule has 2 aliphatic carbocycles. The van der Waals surface area contributed by atoms with Crippen LogP contribution in [0.3, 0.4) is 0 Å². The van der Waals surface area contributed by atoms with E-state index in [9.17, 15) is 18.9 Å². The van der Waals surface area contributed by atoms with Crippen molar-refractivity contribution in [1.29, 1.82) is 0 Å². The van der Waals surface area contributed by atoms with Crippen molar-refractivity contribution in [3.63, 3.8) is 0 Å². The number of hydrogen-bond donors (Lipinski definition) is 2. The number of aliphatic hydroxyl groups is 1. The molecule has 264 valence electrons. The minimum absolute atomic E-state index is 0.0990. The van der Waals surface area contributed by atoms with Crippen molar-refractivity contribution in [2.45, 2.75) is 74.1 Å². The third-order valence-electron chi connectivity index (χ3n) is 10.9. The molecule has 13 heteroatoms. The van der Waals surface area contributed by atoms with Crippen LogP contribution in [0.4, 0.5) is 10.5 Å². The van der Waals surface area contributed by atoms with Gasteiger partial charge in [-0.15, -0.1) is 4.36 Å². The predicted octanol–water partition coefficient (Wildman–Crippen LogP) is 4.87. The highest BCUT2D eigenvalue weighted by Gasteiger charge is 2.45. The number of β-amino-alcohol motifs (C(OH)–C–C–N with tert-alkyl or cyclic N) is 1. The molecule has 2 aromatic carbocycles. The Morgan fingerprint density at radius 2 is 1.98 bits per heavy atom. The zero-order valence-electron chi connectivity index (χ0n) is 28.2. The standard InChI is InChI=1S/C36H45ClN4O7S/c1-35(2)33(43)38-49(45,39-34(44)40-19-26(42)20-40)27-10-13-32-30(17-27)41(18-24-8-11-28(24)31(46-3)7-5-15-48-35)21-36(22-47-32)14-4-6-23-16-25(37)9-12-29(23)36/h5,7,9-10,12-13,16-17,24,26,28,31,42H,4,6,8,11,14-15,18-22H2,1-3H3,(H,38,39,43,44,45)/t24-,28+,31-,36-,49?/m0/s1. The van der Waals surface area contributed by atoms with Crippen LogP contribution in [-0.4, -0.2) is 90.5 Å². The molecule has 2 fully saturated rings. The summed E-state index contributed by atoms with van der Waals surface area (Å²) in [6, 6.07) is 10.6. The molecule has 2 N–H and O–H groups in total. The summed E-state index contributed by atoms with van der Waals surface area (Å²) in [6.45, 7) is 5.29. The maximum atomic E-state index is 14.9. The number of rotatable bonds is 2. The van der Waals surface area contributed by atoms with Crippen LogP contribution in [-0.2, 0) is 36.0 Å². The van der Waals surface area contributed by atoms with Crippen LogP contribution in [0.2, 0.25) is 5.02 Å². The summed E-state index contributed by atoms with van der Waals surface area (Å²) in [5, 5.41) is 10.5. The predicted molar refractivity (Wildman–Crippen MR) is 186 cm³/mol. The highest BCUT2D eigenvalue weighted by molar-refractivity contribution is 7.92. The molecular weight excluding hydrogens is 668 g/mol. The fourth-order valence-electron chi connectivity index (χ4n) is 7.87. The van der Waals surface area contributed by atoms with E-state index in [4.69, 9.17) is 25.8 Å². The Labute approximate surface area is 293 Å². The second-order valence-electron chi connectivity index (χ2n) is 14.6. The fraction of sp³-hybridized carbons (Fsp3) is 0.556. The molecule has 0 radical (unpaired) electrons. The zero-order valence-corrected chi connectivity index (χ0v) is 29.8. The van der Waals surface area contributed by atoms with Crippen LogP contribution in [0.15, 0.2) is 57.8 Å². The quantitative estimate of drug-likeness (QED) is 0.422. The fourth-order valence-corrected chi connectivity index (χ4v) is 9.68. The second kappa shape index (κ2) is 13.2. The maximum Gasteiger partial charge on any atom is 0.330 e. The number of carbonyl (C=O) groups is 2. The SMILES string of the molecule is CO[C@H]1C=CCOC(C)(C)C(=O)N=S(=O)(NC(=O)N2CC(O)C2)c2ccc3c(c2)N(C[C@@H]2CC[C@H]21)C[C@@]1(CCCc2cc(Cl)ccc21)CO3. The highest BCUT2D eigenvalue weighted by Crippen LogP contribution is 2.47. The van der Waals surface area contributed by atoms with Gasteiger partial charge in [0.05, 0.1) is 49.1 Å². The van der Waals surface area contributed by atoms with Crippen LogP contribution in [0, 0.1) is 11.8 Å². The van der Waals surface area contributed by atoms with E-state index in [-0.39, 0.29) is 42.0 Å². The van der Waals surface area contributed by atoms with Gasteiger partial charge < -0.3 is 29.1 Å². The van der Waals surface area contributed by atoms with E-state index in [0.717, 1.165) is 42.8 Å². The van der Waals surface area contributed by atoms with Crippen LogP contribution in [0.25, 0.3) is 0 Å². The number of fused-ring (bicyclic) bond motifs is 4. The second-order valence-corrected chi connectivity index (χ2v) is 16.9. The first-order chi connectivity index (χ1) is 23.4. The average molecular weight is 713 g/mol. The summed E-state index contributed by atoms with van der Waals surface area (Å²) in [5.41, 5.74) is 1.46. The lowest BCUT2D eigenvalue weighted by atomic mass is 9.68. The highest BCUT2D eigenvalue weighted by atomic mass is 35.5. The van der Waals surface area contributed by atoms with Gasteiger partial charge in [-0.1, -0.05) is 29.8 Å². The summed E-state index contributed by atoms with van der Waals surface area (Å²) in [4.78, 5) is 30.8. The number of likely N-dealkylation sites (tertiary alicyclic amines) is 1. The van der Waals surface area contributed by atoms with Crippen molar-refractivity contribution in [3.8, 4) is 5.75 Å². The van der Waals surface area contributed by atoms with E-state index < -0.39 is 33.6 Å². The lowest BCUT2D eigenvalue weighted by Gasteiger charge is -2.46. The molecule has 1 saturated carbocycles. The Bertz CT molecular complexity index is 1790. The number of methoxy groups -OCH3 is 1. The smallest absolute Gasteiger partial charge is 0.330 e. The van der Waals surface area contributed by atoms with Gasteiger partial charge in [-0.2, -0.15) is 0 Å². The first-order valence-corrected chi connectivity index (χ1v) is 19.0. The number of aryl methyl sites for hydroxylation is 1. The number of ether oxygens (including phenoxy) is 3. The van der Waals surface area contributed by atoms with Gasteiger partial charge in [0.15, 0.2) is 9.92 Å². The molecule has 1 spiro atoms. The van der Waals surface area contributed by atoms with Gasteiger partial charge >= 0.3 is 6.03 Å². The summed E-state index contributed by atoms with van der Waals surface area (Å²) in [7, 11) is -2.14. The number of urea groups is 1. The van der Waals surface area contributed by atoms with Crippen molar-refractivity contribution in [1.82, 2.24) is 9.62 Å². The van der Waals surface area contributed by atoms with E-state index >= 15 is 0 Å². The maximum absolute atomic E-state index is 14.9. The number of carbonyl (C=O) groups excluding carboxylic acids is 2. The molecular formula is C36H45ClN4O7S. The third-order valence-corrected chi connectivity index (χ3v) is 12.9. The van der Waals surface area contributed by atoms with Crippen molar-refractivity contribution >= 4 is 39.1 Å². The van der Waals surface area contributed by atoms with Gasteiger partial charge in [-0.25, -0.2) is 13.7 Å². The number of amides is 3. The van der Waals surface area contributed by atoms with Gasteiger partial charge in [0.25, 0.3) is 5.91 Å². The number of nitrogens with one attached hydrogen (secondary N) is 1. The molecule has 2 bridgehead atoms. The van der Waals surface area contributed by atoms with Crippen LogP contribution in [0.1, 0.15) is 50.7 Å².